The lowest BCUT2D eigenvalue weighted by atomic mass is 10.5. The van der Waals surface area contributed by atoms with Crippen LogP contribution >= 0.6 is 11.8 Å². The molecule has 0 aromatic carbocycles. The molecule has 0 saturated carbocycles. The number of hydrogen-bond acceptors (Lipinski definition) is 3. The van der Waals surface area contributed by atoms with E-state index in [4.69, 9.17) is 5.11 Å². The zero-order chi connectivity index (χ0) is 7.94. The Morgan fingerprint density at radius 3 is 2.73 bits per heavy atom. The second-order valence-corrected chi connectivity index (χ2v) is 3.28. The molecular weight excluding hydrogens is 158 g/mol. The van der Waals surface area contributed by atoms with Gasteiger partial charge in [-0.15, -0.1) is 11.8 Å². The van der Waals surface area contributed by atoms with Crippen LogP contribution < -0.4 is 0 Å². The van der Waals surface area contributed by atoms with Crippen LogP contribution in [0.2, 0.25) is 0 Å². The number of thioether (sulfide) groups is 1. The minimum atomic E-state index is 0.276. The van der Waals surface area contributed by atoms with Gasteiger partial charge in [0.1, 0.15) is 0 Å². The Morgan fingerprint density at radius 2 is 2.09 bits per heavy atom. The van der Waals surface area contributed by atoms with Gasteiger partial charge in [0.2, 0.25) is 0 Å². The number of aliphatic hydroxyl groups excluding tert-OH is 1. The third kappa shape index (κ3) is 3.39. The summed E-state index contributed by atoms with van der Waals surface area (Å²) < 4.78 is 0. The van der Waals surface area contributed by atoms with Crippen molar-refractivity contribution < 1.29 is 5.11 Å². The van der Waals surface area contributed by atoms with Gasteiger partial charge in [-0.1, -0.05) is 0 Å². The normalized spacial score (nSPS) is 9.91. The zero-order valence-corrected chi connectivity index (χ0v) is 7.05. The Hall–Kier alpha value is -0.540. The van der Waals surface area contributed by atoms with Gasteiger partial charge in [0, 0.05) is 29.6 Å². The summed E-state index contributed by atoms with van der Waals surface area (Å²) in [5, 5.41) is 8.52. The van der Waals surface area contributed by atoms with Crippen molar-refractivity contribution in [2.75, 3.05) is 12.4 Å². The Bertz CT molecular complexity index is 191. The zero-order valence-electron chi connectivity index (χ0n) is 6.23. The molecule has 0 atom stereocenters. The molecule has 1 aromatic heterocycles. The molecule has 0 aliphatic heterocycles. The van der Waals surface area contributed by atoms with Crippen molar-refractivity contribution in [2.24, 2.45) is 0 Å². The number of nitrogens with zero attached hydrogens (tertiary/aromatic N) is 1. The van der Waals surface area contributed by atoms with Crippen LogP contribution in [0, 0.1) is 0 Å². The fourth-order valence-corrected chi connectivity index (χ4v) is 1.51. The molecule has 0 aliphatic rings. The largest absolute Gasteiger partial charge is 0.396 e. The molecule has 0 radical (unpaired) electrons. The van der Waals surface area contributed by atoms with Gasteiger partial charge in [0.15, 0.2) is 0 Å². The predicted molar refractivity (Wildman–Crippen MR) is 46.7 cm³/mol. The molecule has 3 heteroatoms. The van der Waals surface area contributed by atoms with Crippen LogP contribution in [0.25, 0.3) is 0 Å². The standard InChI is InChI=1S/C8H11NOS/c10-6-1-7-11-8-2-4-9-5-3-8/h2-5,10H,1,6-7H2. The summed E-state index contributed by atoms with van der Waals surface area (Å²) >= 11 is 1.74. The molecule has 0 spiro atoms. The highest BCUT2D eigenvalue weighted by atomic mass is 32.2. The minimum Gasteiger partial charge on any atom is -0.396 e. The third-order valence-corrected chi connectivity index (χ3v) is 2.32. The molecule has 1 N–H and O–H groups in total. The molecule has 11 heavy (non-hydrogen) atoms. The molecule has 1 rings (SSSR count). The van der Waals surface area contributed by atoms with Gasteiger partial charge in [0.25, 0.3) is 0 Å². The Morgan fingerprint density at radius 1 is 1.36 bits per heavy atom. The van der Waals surface area contributed by atoms with Crippen LogP contribution in [-0.2, 0) is 0 Å². The first-order valence-electron chi connectivity index (χ1n) is 3.57. The number of rotatable bonds is 4. The average molecular weight is 169 g/mol. The molecule has 1 heterocycles. The van der Waals surface area contributed by atoms with Gasteiger partial charge in [-0.2, -0.15) is 0 Å². The second kappa shape index (κ2) is 5.16. The van der Waals surface area contributed by atoms with Crippen LogP contribution in [0.3, 0.4) is 0 Å². The monoisotopic (exact) mass is 169 g/mol. The summed E-state index contributed by atoms with van der Waals surface area (Å²) in [5.74, 6) is 0.973. The average Bonchev–Trinajstić information content (AvgIpc) is 2.07. The molecule has 0 amide bonds. The lowest BCUT2D eigenvalue weighted by Crippen LogP contribution is -1.85. The van der Waals surface area contributed by atoms with Gasteiger partial charge in [-0.05, 0) is 18.6 Å². The topological polar surface area (TPSA) is 33.1 Å². The van der Waals surface area contributed by atoms with E-state index < -0.39 is 0 Å². The van der Waals surface area contributed by atoms with Gasteiger partial charge in [-0.25, -0.2) is 0 Å². The van der Waals surface area contributed by atoms with Gasteiger partial charge >= 0.3 is 0 Å². The van der Waals surface area contributed by atoms with Crippen LogP contribution in [-0.4, -0.2) is 22.5 Å². The molecular formula is C8H11NOS. The molecule has 0 fully saturated rings. The fraction of sp³-hybridized carbons (Fsp3) is 0.375. The van der Waals surface area contributed by atoms with Gasteiger partial charge in [0.05, 0.1) is 0 Å². The second-order valence-electron chi connectivity index (χ2n) is 2.11. The van der Waals surface area contributed by atoms with E-state index in [1.807, 2.05) is 12.1 Å². The lowest BCUT2D eigenvalue weighted by Gasteiger charge is -1.97. The molecule has 0 aliphatic carbocycles. The first kappa shape index (κ1) is 8.56. The van der Waals surface area contributed by atoms with E-state index in [0.717, 1.165) is 12.2 Å². The Balaban J connectivity index is 2.28. The van der Waals surface area contributed by atoms with E-state index in [2.05, 4.69) is 4.98 Å². The maximum atomic E-state index is 8.52. The lowest BCUT2D eigenvalue weighted by molar-refractivity contribution is 0.296. The Kier molecular flexibility index (Phi) is 4.01. The van der Waals surface area contributed by atoms with Crippen molar-refractivity contribution >= 4 is 11.8 Å². The van der Waals surface area contributed by atoms with Crippen molar-refractivity contribution in [3.63, 3.8) is 0 Å². The van der Waals surface area contributed by atoms with Crippen LogP contribution in [0.4, 0.5) is 0 Å². The van der Waals surface area contributed by atoms with Crippen LogP contribution in [0.1, 0.15) is 6.42 Å². The molecule has 60 valence electrons. The SMILES string of the molecule is OCCCSc1ccncc1. The van der Waals surface area contributed by atoms with Crippen molar-refractivity contribution in [3.8, 4) is 0 Å². The maximum absolute atomic E-state index is 8.52. The molecule has 0 saturated heterocycles. The van der Waals surface area contributed by atoms with E-state index >= 15 is 0 Å². The summed E-state index contributed by atoms with van der Waals surface area (Å²) in [6.45, 7) is 0.276. The number of aliphatic hydroxyl groups is 1. The van der Waals surface area contributed by atoms with Crippen LogP contribution in [0.15, 0.2) is 29.4 Å². The number of aromatic nitrogens is 1. The maximum Gasteiger partial charge on any atom is 0.0439 e. The summed E-state index contributed by atoms with van der Waals surface area (Å²) in [7, 11) is 0. The first-order chi connectivity index (χ1) is 5.43. The fourth-order valence-electron chi connectivity index (χ4n) is 0.689. The molecule has 0 unspecified atom stereocenters. The highest BCUT2D eigenvalue weighted by molar-refractivity contribution is 7.99. The summed E-state index contributed by atoms with van der Waals surface area (Å²) in [6, 6.07) is 3.95. The van der Waals surface area contributed by atoms with E-state index in [0.29, 0.717) is 0 Å². The molecule has 2 nitrogen and oxygen atoms in total. The molecule has 1 aromatic rings. The van der Waals surface area contributed by atoms with E-state index in [1.165, 1.54) is 4.90 Å². The van der Waals surface area contributed by atoms with Gasteiger partial charge in [-0.3, -0.25) is 4.98 Å². The first-order valence-corrected chi connectivity index (χ1v) is 4.56. The van der Waals surface area contributed by atoms with E-state index in [1.54, 1.807) is 24.2 Å². The highest BCUT2D eigenvalue weighted by Crippen LogP contribution is 2.16. The Labute approximate surface area is 70.7 Å². The smallest absolute Gasteiger partial charge is 0.0439 e. The van der Waals surface area contributed by atoms with Crippen molar-refractivity contribution in [2.45, 2.75) is 11.3 Å². The van der Waals surface area contributed by atoms with Crippen molar-refractivity contribution in [1.82, 2.24) is 4.98 Å². The minimum absolute atomic E-state index is 0.276. The summed E-state index contributed by atoms with van der Waals surface area (Å²) in [4.78, 5) is 5.13. The van der Waals surface area contributed by atoms with Crippen molar-refractivity contribution in [1.29, 1.82) is 0 Å². The van der Waals surface area contributed by atoms with E-state index in [-0.39, 0.29) is 6.61 Å². The van der Waals surface area contributed by atoms with Gasteiger partial charge < -0.3 is 5.11 Å². The summed E-state index contributed by atoms with van der Waals surface area (Å²) in [5.41, 5.74) is 0. The number of pyridine rings is 1. The summed E-state index contributed by atoms with van der Waals surface area (Å²) in [6.07, 6.45) is 4.41. The highest BCUT2D eigenvalue weighted by Gasteiger charge is 1.90. The third-order valence-electron chi connectivity index (χ3n) is 1.22. The van der Waals surface area contributed by atoms with Crippen LogP contribution in [0.5, 0.6) is 0 Å². The number of hydrogen-bond donors (Lipinski definition) is 1. The van der Waals surface area contributed by atoms with Crippen molar-refractivity contribution in [3.05, 3.63) is 24.5 Å². The van der Waals surface area contributed by atoms with E-state index in [9.17, 15) is 0 Å². The quantitative estimate of drug-likeness (QED) is 0.548. The predicted octanol–water partition coefficient (Wildman–Crippen LogP) is 1.56. The molecule has 0 bridgehead atoms.